The van der Waals surface area contributed by atoms with Gasteiger partial charge in [0.2, 0.25) is 5.91 Å². The topological polar surface area (TPSA) is 65.2 Å². The minimum absolute atomic E-state index is 0.0776. The van der Waals surface area contributed by atoms with E-state index in [1.807, 2.05) is 42.5 Å². The van der Waals surface area contributed by atoms with Crippen LogP contribution in [0.2, 0.25) is 0 Å². The molecule has 1 aromatic heterocycles. The summed E-state index contributed by atoms with van der Waals surface area (Å²) in [5.41, 5.74) is 2.27. The maximum absolute atomic E-state index is 13.4. The molecule has 1 amide bonds. The molecule has 0 bridgehead atoms. The van der Waals surface area contributed by atoms with E-state index in [-0.39, 0.29) is 29.3 Å². The van der Waals surface area contributed by atoms with E-state index < -0.39 is 5.41 Å². The Hall–Kier alpha value is -2.99. The highest BCUT2D eigenvalue weighted by Crippen LogP contribution is 2.47. The number of fused-ring (bicyclic) bond motifs is 1. The van der Waals surface area contributed by atoms with Crippen molar-refractivity contribution in [2.24, 2.45) is 11.3 Å². The van der Waals surface area contributed by atoms with Crippen LogP contribution in [0.5, 0.6) is 0 Å². The van der Waals surface area contributed by atoms with Crippen LogP contribution in [0.15, 0.2) is 54.6 Å². The number of nitrogens with zero attached hydrogens (tertiary/aromatic N) is 1. The van der Waals surface area contributed by atoms with Crippen molar-refractivity contribution >= 4 is 22.6 Å². The molecule has 3 aromatic rings. The van der Waals surface area contributed by atoms with Crippen molar-refractivity contribution in [3.63, 3.8) is 0 Å². The van der Waals surface area contributed by atoms with Gasteiger partial charge in [-0.1, -0.05) is 37.3 Å². The summed E-state index contributed by atoms with van der Waals surface area (Å²) in [5.74, 6) is 0.310. The van der Waals surface area contributed by atoms with Gasteiger partial charge in [-0.15, -0.1) is 0 Å². The number of piperidine rings is 1. The molecule has 2 aliphatic heterocycles. The molecule has 172 valence electrons. The van der Waals surface area contributed by atoms with E-state index in [0.717, 1.165) is 48.9 Å². The Balaban J connectivity index is 1.19. The van der Waals surface area contributed by atoms with Crippen LogP contribution in [0.3, 0.4) is 0 Å². The van der Waals surface area contributed by atoms with Crippen LogP contribution in [0.25, 0.3) is 10.9 Å². The molecule has 0 radical (unpaired) electrons. The molecule has 6 heteroatoms. The first kappa shape index (κ1) is 21.8. The quantitative estimate of drug-likeness (QED) is 0.547. The van der Waals surface area contributed by atoms with Gasteiger partial charge in [0.05, 0.1) is 11.1 Å². The van der Waals surface area contributed by atoms with Crippen molar-refractivity contribution in [2.75, 3.05) is 26.2 Å². The second kappa shape index (κ2) is 8.75. The average molecular weight is 448 g/mol. The van der Waals surface area contributed by atoms with Crippen LogP contribution in [-0.4, -0.2) is 47.8 Å². The molecule has 2 aromatic carbocycles. The van der Waals surface area contributed by atoms with Gasteiger partial charge in [0.1, 0.15) is 5.82 Å². The van der Waals surface area contributed by atoms with Crippen LogP contribution in [-0.2, 0) is 4.79 Å². The van der Waals surface area contributed by atoms with E-state index in [1.165, 1.54) is 12.1 Å². The fourth-order valence-electron chi connectivity index (χ4n) is 5.72. The zero-order valence-electron chi connectivity index (χ0n) is 18.9. The van der Waals surface area contributed by atoms with Crippen molar-refractivity contribution in [3.8, 4) is 0 Å². The highest BCUT2D eigenvalue weighted by atomic mass is 19.1. The van der Waals surface area contributed by atoms with Gasteiger partial charge in [0.15, 0.2) is 5.78 Å². The molecule has 1 spiro atoms. The first-order valence-corrected chi connectivity index (χ1v) is 11.8. The molecule has 2 fully saturated rings. The minimum atomic E-state index is -0.419. The molecule has 2 saturated heterocycles. The number of Topliss-reactive ketones (excluding diaryl/α,β-unsaturated/α-hetero) is 1. The zero-order chi connectivity index (χ0) is 23.0. The zero-order valence-corrected chi connectivity index (χ0v) is 18.9. The number of carbonyl (C=O) groups is 2. The normalized spacial score (nSPS) is 21.4. The molecule has 0 aliphatic carbocycles. The number of halogens is 1. The highest BCUT2D eigenvalue weighted by molar-refractivity contribution is 5.99. The third-order valence-corrected chi connectivity index (χ3v) is 7.54. The second-order valence-electron chi connectivity index (χ2n) is 9.77. The predicted molar refractivity (Wildman–Crippen MR) is 127 cm³/mol. The van der Waals surface area contributed by atoms with Gasteiger partial charge in [-0.3, -0.25) is 9.59 Å². The molecule has 3 heterocycles. The number of nitrogens with one attached hydrogen (secondary N) is 2. The smallest absolute Gasteiger partial charge is 0.227 e. The molecular weight excluding hydrogens is 417 g/mol. The Labute approximate surface area is 193 Å². The van der Waals surface area contributed by atoms with Crippen molar-refractivity contribution in [1.82, 2.24) is 15.2 Å². The van der Waals surface area contributed by atoms with Crippen LogP contribution in [0.4, 0.5) is 4.39 Å². The van der Waals surface area contributed by atoms with Crippen LogP contribution < -0.4 is 5.32 Å². The molecule has 0 unspecified atom stereocenters. The number of hydrogen-bond acceptors (Lipinski definition) is 3. The van der Waals surface area contributed by atoms with Gasteiger partial charge < -0.3 is 15.2 Å². The molecule has 2 atom stereocenters. The number of aromatic nitrogens is 1. The number of carbonyl (C=O) groups excluding carboxylic acids is 2. The van der Waals surface area contributed by atoms with E-state index in [4.69, 9.17) is 0 Å². The van der Waals surface area contributed by atoms with Crippen molar-refractivity contribution in [3.05, 3.63) is 71.7 Å². The van der Waals surface area contributed by atoms with Crippen molar-refractivity contribution in [2.45, 2.75) is 32.1 Å². The third-order valence-electron chi connectivity index (χ3n) is 7.54. The van der Waals surface area contributed by atoms with E-state index in [2.05, 4.69) is 22.1 Å². The standard InChI is InChI=1S/C27H30FN3O2/c1-18(14-25(32)24-15-20-4-2-3-5-23(20)30-24)17-31-12-10-27(11-13-31)22(16-29-26(27)33)19-6-8-21(28)9-7-19/h2-9,15,18,22,30H,10-14,16-17H2,1H3,(H,29,33)/t18-,22+/m1/s1. The maximum atomic E-state index is 13.4. The highest BCUT2D eigenvalue weighted by Gasteiger charge is 2.51. The lowest BCUT2D eigenvalue weighted by Gasteiger charge is -2.41. The Kier molecular flexibility index (Phi) is 5.79. The second-order valence-corrected chi connectivity index (χ2v) is 9.77. The molecular formula is C27H30FN3O2. The predicted octanol–water partition coefficient (Wildman–Crippen LogP) is 4.51. The van der Waals surface area contributed by atoms with Crippen molar-refractivity contribution < 1.29 is 14.0 Å². The van der Waals surface area contributed by atoms with Gasteiger partial charge in [-0.2, -0.15) is 0 Å². The number of H-pyrrole nitrogens is 1. The molecule has 5 rings (SSSR count). The monoisotopic (exact) mass is 447 g/mol. The number of para-hydroxylation sites is 1. The van der Waals surface area contributed by atoms with Crippen molar-refractivity contribution in [1.29, 1.82) is 0 Å². The van der Waals surface area contributed by atoms with Crippen LogP contribution in [0, 0.1) is 17.2 Å². The fourth-order valence-corrected chi connectivity index (χ4v) is 5.72. The number of hydrogen-bond donors (Lipinski definition) is 2. The lowest BCUT2D eigenvalue weighted by atomic mass is 9.68. The SMILES string of the molecule is C[C@H](CC(=O)c1cc2ccccc2[nH]1)CN1CCC2(CC1)C(=O)NC[C@H]2c1ccc(F)cc1. The molecule has 5 nitrogen and oxygen atoms in total. The summed E-state index contributed by atoms with van der Waals surface area (Å²) >= 11 is 0. The number of likely N-dealkylation sites (tertiary alicyclic amines) is 1. The maximum Gasteiger partial charge on any atom is 0.227 e. The molecule has 0 saturated carbocycles. The number of amides is 1. The summed E-state index contributed by atoms with van der Waals surface area (Å²) < 4.78 is 13.4. The summed E-state index contributed by atoms with van der Waals surface area (Å²) in [6.45, 7) is 5.23. The molecule has 33 heavy (non-hydrogen) atoms. The number of aromatic amines is 1. The van der Waals surface area contributed by atoms with Crippen LogP contribution >= 0.6 is 0 Å². The summed E-state index contributed by atoms with van der Waals surface area (Å²) in [4.78, 5) is 31.3. The largest absolute Gasteiger partial charge is 0.355 e. The number of benzene rings is 2. The van der Waals surface area contributed by atoms with Gasteiger partial charge in [0.25, 0.3) is 0 Å². The lowest BCUT2D eigenvalue weighted by molar-refractivity contribution is -0.130. The number of ketones is 1. The fraction of sp³-hybridized carbons (Fsp3) is 0.407. The Morgan fingerprint density at radius 1 is 1.15 bits per heavy atom. The van der Waals surface area contributed by atoms with Gasteiger partial charge in [-0.25, -0.2) is 4.39 Å². The number of rotatable bonds is 6. The first-order valence-electron chi connectivity index (χ1n) is 11.8. The summed E-state index contributed by atoms with van der Waals surface area (Å²) in [6.07, 6.45) is 2.06. The van der Waals surface area contributed by atoms with E-state index in [0.29, 0.717) is 18.7 Å². The average Bonchev–Trinajstić information content (AvgIpc) is 3.38. The van der Waals surface area contributed by atoms with E-state index >= 15 is 0 Å². The Morgan fingerprint density at radius 2 is 1.88 bits per heavy atom. The minimum Gasteiger partial charge on any atom is -0.355 e. The van der Waals surface area contributed by atoms with Gasteiger partial charge in [0, 0.05) is 36.3 Å². The lowest BCUT2D eigenvalue weighted by Crippen LogP contribution is -2.47. The first-order chi connectivity index (χ1) is 15.9. The summed E-state index contributed by atoms with van der Waals surface area (Å²) in [7, 11) is 0. The summed E-state index contributed by atoms with van der Waals surface area (Å²) in [6, 6.07) is 16.4. The molecule has 2 N–H and O–H groups in total. The Morgan fingerprint density at radius 3 is 2.61 bits per heavy atom. The van der Waals surface area contributed by atoms with E-state index in [1.54, 1.807) is 0 Å². The molecule has 2 aliphatic rings. The van der Waals surface area contributed by atoms with Crippen LogP contribution in [0.1, 0.15) is 48.2 Å². The summed E-state index contributed by atoms with van der Waals surface area (Å²) in [5, 5.41) is 4.11. The van der Waals surface area contributed by atoms with E-state index in [9.17, 15) is 14.0 Å². The van der Waals surface area contributed by atoms with Gasteiger partial charge in [-0.05, 0) is 61.7 Å². The third kappa shape index (κ3) is 4.20. The van der Waals surface area contributed by atoms with Gasteiger partial charge >= 0.3 is 0 Å². The Bertz CT molecular complexity index is 1130.